The van der Waals surface area contributed by atoms with E-state index in [1.165, 1.54) is 16.7 Å². The second-order valence-electron chi connectivity index (χ2n) is 4.80. The van der Waals surface area contributed by atoms with E-state index in [9.17, 15) is 0 Å². The smallest absolute Gasteiger partial charge is 0.0578 e. The van der Waals surface area contributed by atoms with Crippen molar-refractivity contribution in [1.29, 1.82) is 0 Å². The largest absolute Gasteiger partial charge is 0.320 e. The fraction of sp³-hybridized carbons (Fsp3) is 0.200. The van der Waals surface area contributed by atoms with Crippen LogP contribution in [0.3, 0.4) is 0 Å². The first-order valence-corrected chi connectivity index (χ1v) is 6.61. The first-order valence-electron chi connectivity index (χ1n) is 5.85. The van der Waals surface area contributed by atoms with Gasteiger partial charge in [0.25, 0.3) is 0 Å². The molecule has 3 rings (SSSR count). The Morgan fingerprint density at radius 1 is 1.11 bits per heavy atom. The van der Waals surface area contributed by atoms with Crippen molar-refractivity contribution in [2.45, 2.75) is 19.9 Å². The number of benzene rings is 2. The molecule has 1 atom stereocenters. The Morgan fingerprint density at radius 2 is 1.83 bits per heavy atom. The lowest BCUT2D eigenvalue weighted by molar-refractivity contribution is 0.900. The predicted octanol–water partition coefficient (Wildman–Crippen LogP) is 4.64. The number of halogens is 2. The summed E-state index contributed by atoms with van der Waals surface area (Å²) in [7, 11) is 0. The highest BCUT2D eigenvalue weighted by Crippen LogP contribution is 2.48. The average molecular weight is 278 g/mol. The lowest BCUT2D eigenvalue weighted by atomic mass is 9.96. The molecule has 0 fully saturated rings. The zero-order chi connectivity index (χ0) is 13.0. The zero-order valence-corrected chi connectivity index (χ0v) is 11.7. The van der Waals surface area contributed by atoms with Crippen molar-refractivity contribution in [1.82, 2.24) is 0 Å². The van der Waals surface area contributed by atoms with Crippen LogP contribution < -0.4 is 5.73 Å². The van der Waals surface area contributed by atoms with Gasteiger partial charge in [0.2, 0.25) is 0 Å². The third kappa shape index (κ3) is 1.51. The van der Waals surface area contributed by atoms with E-state index in [1.807, 2.05) is 6.07 Å². The van der Waals surface area contributed by atoms with Crippen LogP contribution in [0.25, 0.3) is 11.1 Å². The molecule has 1 aliphatic rings. The molecule has 0 spiro atoms. The van der Waals surface area contributed by atoms with Gasteiger partial charge in [-0.3, -0.25) is 0 Å². The van der Waals surface area contributed by atoms with Gasteiger partial charge in [0, 0.05) is 10.0 Å². The molecule has 2 aromatic carbocycles. The highest BCUT2D eigenvalue weighted by atomic mass is 35.5. The molecule has 0 aliphatic heterocycles. The first-order chi connectivity index (χ1) is 8.50. The summed E-state index contributed by atoms with van der Waals surface area (Å²) in [5, 5.41) is 1.30. The second-order valence-corrected chi connectivity index (χ2v) is 5.64. The molecule has 3 heteroatoms. The molecule has 92 valence electrons. The van der Waals surface area contributed by atoms with Crippen molar-refractivity contribution in [2.24, 2.45) is 5.73 Å². The Labute approximate surface area is 117 Å². The summed E-state index contributed by atoms with van der Waals surface area (Å²) in [4.78, 5) is 0. The minimum Gasteiger partial charge on any atom is -0.320 e. The number of rotatable bonds is 0. The van der Waals surface area contributed by atoms with E-state index in [0.29, 0.717) is 10.0 Å². The minimum atomic E-state index is -0.154. The van der Waals surface area contributed by atoms with Gasteiger partial charge in [-0.05, 0) is 59.4 Å². The monoisotopic (exact) mass is 277 g/mol. The van der Waals surface area contributed by atoms with Gasteiger partial charge in [-0.2, -0.15) is 0 Å². The van der Waals surface area contributed by atoms with E-state index in [4.69, 9.17) is 28.9 Å². The summed E-state index contributed by atoms with van der Waals surface area (Å²) in [5.41, 5.74) is 13.2. The molecule has 1 aliphatic carbocycles. The van der Waals surface area contributed by atoms with Gasteiger partial charge in [0.15, 0.2) is 0 Å². The molecular weight excluding hydrogens is 265 g/mol. The normalized spacial score (nSPS) is 16.6. The van der Waals surface area contributed by atoms with E-state index >= 15 is 0 Å². The molecule has 2 aromatic rings. The molecule has 0 aromatic heterocycles. The van der Waals surface area contributed by atoms with Crippen molar-refractivity contribution < 1.29 is 0 Å². The van der Waals surface area contributed by atoms with Gasteiger partial charge in [0.1, 0.15) is 0 Å². The van der Waals surface area contributed by atoms with Gasteiger partial charge in [-0.15, -0.1) is 0 Å². The van der Waals surface area contributed by atoms with Crippen LogP contribution >= 0.6 is 23.2 Å². The van der Waals surface area contributed by atoms with E-state index in [0.717, 1.165) is 16.7 Å². The maximum absolute atomic E-state index is 6.30. The SMILES string of the molecule is Cc1ccc2c(c1C)-c1cc(Cl)cc(Cl)c1C2N. The molecule has 1 nitrogen and oxygen atoms in total. The van der Waals surface area contributed by atoms with Crippen molar-refractivity contribution in [3.8, 4) is 11.1 Å². The zero-order valence-electron chi connectivity index (χ0n) is 10.2. The predicted molar refractivity (Wildman–Crippen MR) is 77.4 cm³/mol. The van der Waals surface area contributed by atoms with Crippen LogP contribution in [0.4, 0.5) is 0 Å². The van der Waals surface area contributed by atoms with Crippen molar-refractivity contribution in [3.63, 3.8) is 0 Å². The van der Waals surface area contributed by atoms with E-state index in [2.05, 4.69) is 26.0 Å². The highest BCUT2D eigenvalue weighted by Gasteiger charge is 2.30. The number of nitrogens with two attached hydrogens (primary N) is 1. The molecular formula is C15H13Cl2N. The summed E-state index contributed by atoms with van der Waals surface area (Å²) < 4.78 is 0. The maximum atomic E-state index is 6.30. The topological polar surface area (TPSA) is 26.0 Å². The molecule has 2 N–H and O–H groups in total. The molecule has 0 saturated heterocycles. The van der Waals surface area contributed by atoms with E-state index < -0.39 is 0 Å². The molecule has 0 radical (unpaired) electrons. The standard InChI is InChI=1S/C15H13Cl2N/c1-7-3-4-10-13(8(7)2)11-5-9(16)6-12(17)14(11)15(10)18/h3-6,15H,18H2,1-2H3. The van der Waals surface area contributed by atoms with Crippen LogP contribution in [0, 0.1) is 13.8 Å². The van der Waals surface area contributed by atoms with Crippen molar-refractivity contribution in [2.75, 3.05) is 0 Å². The molecule has 18 heavy (non-hydrogen) atoms. The van der Waals surface area contributed by atoms with Crippen molar-refractivity contribution >= 4 is 23.2 Å². The minimum absolute atomic E-state index is 0.154. The fourth-order valence-electron chi connectivity index (χ4n) is 2.72. The maximum Gasteiger partial charge on any atom is 0.0578 e. The number of hydrogen-bond donors (Lipinski definition) is 1. The summed E-state index contributed by atoms with van der Waals surface area (Å²) in [6.07, 6.45) is 0. The van der Waals surface area contributed by atoms with Crippen LogP contribution in [0.15, 0.2) is 24.3 Å². The van der Waals surface area contributed by atoms with Gasteiger partial charge in [0.05, 0.1) is 6.04 Å². The van der Waals surface area contributed by atoms with Crippen LogP contribution in [0.1, 0.15) is 28.3 Å². The van der Waals surface area contributed by atoms with Crippen LogP contribution in [0.2, 0.25) is 10.0 Å². The van der Waals surface area contributed by atoms with Crippen LogP contribution in [-0.4, -0.2) is 0 Å². The molecule has 0 amide bonds. The highest BCUT2D eigenvalue weighted by molar-refractivity contribution is 6.36. The van der Waals surface area contributed by atoms with Gasteiger partial charge in [-0.1, -0.05) is 35.3 Å². The Balaban J connectivity index is 2.42. The summed E-state index contributed by atoms with van der Waals surface area (Å²) in [5.74, 6) is 0. The van der Waals surface area contributed by atoms with Crippen LogP contribution in [0.5, 0.6) is 0 Å². The van der Waals surface area contributed by atoms with Crippen LogP contribution in [-0.2, 0) is 0 Å². The third-order valence-corrected chi connectivity index (χ3v) is 4.31. The Bertz CT molecular complexity index is 662. The van der Waals surface area contributed by atoms with Gasteiger partial charge >= 0.3 is 0 Å². The Kier molecular flexibility index (Phi) is 2.67. The molecule has 0 saturated carbocycles. The summed E-state index contributed by atoms with van der Waals surface area (Å²) >= 11 is 12.4. The Hall–Kier alpha value is -1.02. The molecule has 0 heterocycles. The lowest BCUT2D eigenvalue weighted by Crippen LogP contribution is -2.08. The van der Waals surface area contributed by atoms with E-state index in [-0.39, 0.29) is 6.04 Å². The molecule has 0 bridgehead atoms. The third-order valence-electron chi connectivity index (χ3n) is 3.78. The quantitative estimate of drug-likeness (QED) is 0.746. The number of fused-ring (bicyclic) bond motifs is 3. The first kappa shape index (κ1) is 12.0. The summed E-state index contributed by atoms with van der Waals surface area (Å²) in [6, 6.07) is 7.76. The second kappa shape index (κ2) is 3.99. The average Bonchev–Trinajstić information content (AvgIpc) is 2.58. The lowest BCUT2D eigenvalue weighted by Gasteiger charge is -2.09. The van der Waals surface area contributed by atoms with Crippen molar-refractivity contribution in [3.05, 3.63) is 56.6 Å². The number of hydrogen-bond acceptors (Lipinski definition) is 1. The van der Waals surface area contributed by atoms with E-state index in [1.54, 1.807) is 6.07 Å². The Morgan fingerprint density at radius 3 is 2.56 bits per heavy atom. The number of aryl methyl sites for hydroxylation is 1. The van der Waals surface area contributed by atoms with Gasteiger partial charge < -0.3 is 5.73 Å². The summed E-state index contributed by atoms with van der Waals surface area (Å²) in [6.45, 7) is 4.22. The fourth-order valence-corrected chi connectivity index (χ4v) is 3.33. The van der Waals surface area contributed by atoms with Gasteiger partial charge in [-0.25, -0.2) is 0 Å². The molecule has 1 unspecified atom stereocenters.